The zero-order valence-corrected chi connectivity index (χ0v) is 5.36. The monoisotopic (exact) mass is 133 g/mol. The molecule has 0 radical (unpaired) electrons. The van der Waals surface area contributed by atoms with E-state index in [1.807, 2.05) is 0 Å². The largest absolute Gasteiger partial charge is 0.378 e. The first kappa shape index (κ1) is 6.14. The van der Waals surface area contributed by atoms with Crippen LogP contribution >= 0.6 is 8.46 Å². The second kappa shape index (κ2) is 3.13. The van der Waals surface area contributed by atoms with E-state index in [0.717, 1.165) is 13.2 Å². The van der Waals surface area contributed by atoms with E-state index in [-0.39, 0.29) is 14.2 Å². The number of nitrogens with one attached hydrogen (secondary N) is 1. The fraction of sp³-hybridized carbons (Fsp3) is 1.00. The van der Waals surface area contributed by atoms with Gasteiger partial charge >= 0.3 is 0 Å². The number of morpholine rings is 1. The van der Waals surface area contributed by atoms with Crippen LogP contribution in [0.15, 0.2) is 0 Å². The van der Waals surface area contributed by atoms with Crippen LogP contribution in [0.2, 0.25) is 0 Å². The Bertz CT molecular complexity index is 82.1. The molecule has 1 rings (SSSR count). The summed E-state index contributed by atoms with van der Waals surface area (Å²) < 4.78 is 15.1. The van der Waals surface area contributed by atoms with Crippen LogP contribution in [-0.2, 0) is 9.30 Å². The number of ether oxygens (including phenoxy) is 1. The van der Waals surface area contributed by atoms with E-state index in [2.05, 4.69) is 5.32 Å². The Kier molecular flexibility index (Phi) is 2.40. The Balaban J connectivity index is 2.22. The molecule has 0 saturated carbocycles. The molecule has 1 N–H and O–H groups in total. The number of rotatable bonds is 1. The molecule has 0 aliphatic carbocycles. The van der Waals surface area contributed by atoms with Gasteiger partial charge in [-0.25, -0.2) is 0 Å². The fourth-order valence-corrected chi connectivity index (χ4v) is 0.989. The summed E-state index contributed by atoms with van der Waals surface area (Å²) in [7, 11) is 0.140. The molecule has 46 valence electrons. The Morgan fingerprint density at radius 2 is 2.62 bits per heavy atom. The SMILES string of the molecule is O=PC1COCCN1. The van der Waals surface area contributed by atoms with Gasteiger partial charge in [0.25, 0.3) is 0 Å². The van der Waals surface area contributed by atoms with E-state index < -0.39 is 0 Å². The predicted octanol–water partition coefficient (Wildman–Crippen LogP) is 0.224. The Hall–Kier alpha value is 0.0200. The number of hydrogen-bond acceptors (Lipinski definition) is 3. The zero-order valence-electron chi connectivity index (χ0n) is 4.46. The van der Waals surface area contributed by atoms with Crippen LogP contribution in [0.4, 0.5) is 0 Å². The van der Waals surface area contributed by atoms with E-state index in [0.29, 0.717) is 6.61 Å². The summed E-state index contributed by atoms with van der Waals surface area (Å²) in [6.45, 7) is 2.14. The molecule has 8 heavy (non-hydrogen) atoms. The predicted molar refractivity (Wildman–Crippen MR) is 30.2 cm³/mol. The lowest BCUT2D eigenvalue weighted by Crippen LogP contribution is -2.37. The smallest absolute Gasteiger partial charge is 0.176 e. The Morgan fingerprint density at radius 3 is 3.00 bits per heavy atom. The maximum atomic E-state index is 10.1. The third-order valence-corrected chi connectivity index (χ3v) is 1.62. The van der Waals surface area contributed by atoms with E-state index in [4.69, 9.17) is 4.74 Å². The van der Waals surface area contributed by atoms with Crippen molar-refractivity contribution in [2.24, 2.45) is 0 Å². The minimum atomic E-state index is 0.0312. The summed E-state index contributed by atoms with van der Waals surface area (Å²) in [6.07, 6.45) is 0. The van der Waals surface area contributed by atoms with Crippen LogP contribution in [0.5, 0.6) is 0 Å². The number of hydrogen-bond donors (Lipinski definition) is 1. The first-order valence-corrected chi connectivity index (χ1v) is 3.45. The van der Waals surface area contributed by atoms with Crippen molar-refractivity contribution >= 4 is 8.46 Å². The van der Waals surface area contributed by atoms with Crippen LogP contribution in [0.3, 0.4) is 0 Å². The molecule has 0 amide bonds. The van der Waals surface area contributed by atoms with Gasteiger partial charge in [-0.05, 0) is 0 Å². The second-order valence-electron chi connectivity index (χ2n) is 1.65. The van der Waals surface area contributed by atoms with Crippen molar-refractivity contribution in [1.29, 1.82) is 0 Å². The molecule has 1 atom stereocenters. The minimum Gasteiger partial charge on any atom is -0.378 e. The van der Waals surface area contributed by atoms with Gasteiger partial charge < -0.3 is 4.74 Å². The third kappa shape index (κ3) is 1.51. The Morgan fingerprint density at radius 1 is 1.75 bits per heavy atom. The molecule has 3 nitrogen and oxygen atoms in total. The molecule has 1 unspecified atom stereocenters. The van der Waals surface area contributed by atoms with Crippen molar-refractivity contribution in [3.8, 4) is 0 Å². The quantitative estimate of drug-likeness (QED) is 0.520. The van der Waals surface area contributed by atoms with Gasteiger partial charge in [0.05, 0.1) is 13.2 Å². The summed E-state index contributed by atoms with van der Waals surface area (Å²) in [5, 5.41) is 3.02. The third-order valence-electron chi connectivity index (χ3n) is 1.03. The van der Waals surface area contributed by atoms with Gasteiger partial charge in [-0.3, -0.25) is 9.88 Å². The topological polar surface area (TPSA) is 38.3 Å². The summed E-state index contributed by atoms with van der Waals surface area (Å²) in [5.41, 5.74) is 0. The Labute approximate surface area is 49.6 Å². The first-order valence-electron chi connectivity index (χ1n) is 2.57. The molecule has 1 aliphatic rings. The standard InChI is InChI=1S/C4H8NO2P/c6-8-4-3-7-2-1-5-4/h4-5H,1-3H2. The summed E-state index contributed by atoms with van der Waals surface area (Å²) in [5.74, 6) is 0.0312. The highest BCUT2D eigenvalue weighted by Gasteiger charge is 2.10. The van der Waals surface area contributed by atoms with Crippen molar-refractivity contribution in [2.45, 2.75) is 5.78 Å². The van der Waals surface area contributed by atoms with Crippen LogP contribution in [0.1, 0.15) is 0 Å². The average molecular weight is 133 g/mol. The molecule has 1 fully saturated rings. The normalized spacial score (nSPS) is 30.8. The second-order valence-corrected chi connectivity index (χ2v) is 2.48. The lowest BCUT2D eigenvalue weighted by molar-refractivity contribution is 0.0989. The molecular formula is C4H8NO2P. The van der Waals surface area contributed by atoms with Crippen molar-refractivity contribution in [1.82, 2.24) is 5.32 Å². The van der Waals surface area contributed by atoms with Gasteiger partial charge in [-0.15, -0.1) is 0 Å². The van der Waals surface area contributed by atoms with E-state index in [9.17, 15) is 4.57 Å². The maximum Gasteiger partial charge on any atom is 0.176 e. The summed E-state index contributed by atoms with van der Waals surface area (Å²) >= 11 is 0. The van der Waals surface area contributed by atoms with Crippen LogP contribution in [-0.4, -0.2) is 25.5 Å². The molecule has 0 spiro atoms. The van der Waals surface area contributed by atoms with Crippen molar-refractivity contribution in [3.05, 3.63) is 0 Å². The molecule has 4 heteroatoms. The molecule has 0 bridgehead atoms. The fourth-order valence-electron chi connectivity index (χ4n) is 0.619. The van der Waals surface area contributed by atoms with Crippen molar-refractivity contribution in [3.63, 3.8) is 0 Å². The highest BCUT2D eigenvalue weighted by molar-refractivity contribution is 7.24. The molecular weight excluding hydrogens is 125 g/mol. The molecule has 0 aromatic heterocycles. The van der Waals surface area contributed by atoms with E-state index in [1.165, 1.54) is 0 Å². The molecule has 1 saturated heterocycles. The zero-order chi connectivity index (χ0) is 5.82. The van der Waals surface area contributed by atoms with Gasteiger partial charge in [0, 0.05) is 6.54 Å². The van der Waals surface area contributed by atoms with Gasteiger partial charge in [0.1, 0.15) is 5.78 Å². The van der Waals surface area contributed by atoms with Crippen LogP contribution in [0, 0.1) is 0 Å². The van der Waals surface area contributed by atoms with Crippen molar-refractivity contribution in [2.75, 3.05) is 19.8 Å². The van der Waals surface area contributed by atoms with E-state index >= 15 is 0 Å². The van der Waals surface area contributed by atoms with Crippen LogP contribution in [0.25, 0.3) is 0 Å². The first-order chi connectivity index (χ1) is 3.93. The molecule has 1 heterocycles. The van der Waals surface area contributed by atoms with Gasteiger partial charge in [0.2, 0.25) is 0 Å². The molecule has 0 aromatic carbocycles. The van der Waals surface area contributed by atoms with Crippen molar-refractivity contribution < 1.29 is 9.30 Å². The maximum absolute atomic E-state index is 10.1. The highest BCUT2D eigenvalue weighted by Crippen LogP contribution is 2.04. The lowest BCUT2D eigenvalue weighted by Gasteiger charge is -2.17. The molecule has 1 aliphatic heterocycles. The minimum absolute atomic E-state index is 0.0312. The van der Waals surface area contributed by atoms with Gasteiger partial charge in [0.15, 0.2) is 8.46 Å². The summed E-state index contributed by atoms with van der Waals surface area (Å²) in [4.78, 5) is 0. The average Bonchev–Trinajstić information content (AvgIpc) is 1.90. The summed E-state index contributed by atoms with van der Waals surface area (Å²) in [6, 6.07) is 0. The van der Waals surface area contributed by atoms with Gasteiger partial charge in [-0.1, -0.05) is 0 Å². The van der Waals surface area contributed by atoms with E-state index in [1.54, 1.807) is 0 Å². The lowest BCUT2D eigenvalue weighted by atomic mass is 10.5. The van der Waals surface area contributed by atoms with Gasteiger partial charge in [-0.2, -0.15) is 0 Å². The van der Waals surface area contributed by atoms with Crippen LogP contribution < -0.4 is 5.32 Å². The molecule has 0 aromatic rings. The highest BCUT2D eigenvalue weighted by atomic mass is 31.1.